The number of nitrogens with zero attached hydrogens (tertiary/aromatic N) is 2. The number of hydrogen-bond acceptors (Lipinski definition) is 4. The van der Waals surface area contributed by atoms with Gasteiger partial charge in [-0.05, 0) is 12.0 Å². The third kappa shape index (κ3) is 4.40. The summed E-state index contributed by atoms with van der Waals surface area (Å²) < 4.78 is 0. The summed E-state index contributed by atoms with van der Waals surface area (Å²) in [5, 5.41) is 9.07. The molecule has 0 saturated carbocycles. The van der Waals surface area contributed by atoms with Gasteiger partial charge < -0.3 is 15.7 Å². The summed E-state index contributed by atoms with van der Waals surface area (Å²) in [6, 6.07) is 1.34. The SMILES string of the molecule is CC(C)CN(CC(N)=O)c1cc(C(=O)O)c(Cl)cn1. The zero-order valence-corrected chi connectivity index (χ0v) is 11.5. The Balaban J connectivity index is 3.11. The Morgan fingerprint density at radius 2 is 2.16 bits per heavy atom. The number of aromatic carboxylic acids is 1. The Morgan fingerprint density at radius 1 is 1.53 bits per heavy atom. The molecule has 0 aliphatic carbocycles. The van der Waals surface area contributed by atoms with Crippen molar-refractivity contribution in [1.29, 1.82) is 0 Å². The molecule has 19 heavy (non-hydrogen) atoms. The van der Waals surface area contributed by atoms with Crippen LogP contribution in [0.25, 0.3) is 0 Å². The maximum atomic E-state index is 11.1. The smallest absolute Gasteiger partial charge is 0.337 e. The Labute approximate surface area is 116 Å². The van der Waals surface area contributed by atoms with E-state index < -0.39 is 11.9 Å². The number of carboxylic acid groups (broad SMARTS) is 1. The van der Waals surface area contributed by atoms with Crippen molar-refractivity contribution in [2.45, 2.75) is 13.8 Å². The number of carbonyl (C=O) groups excluding carboxylic acids is 1. The van der Waals surface area contributed by atoms with Crippen molar-refractivity contribution in [2.24, 2.45) is 11.7 Å². The van der Waals surface area contributed by atoms with E-state index in [2.05, 4.69) is 4.98 Å². The van der Waals surface area contributed by atoms with E-state index in [1.165, 1.54) is 12.3 Å². The summed E-state index contributed by atoms with van der Waals surface area (Å²) in [4.78, 5) is 27.8. The number of amides is 1. The van der Waals surface area contributed by atoms with Gasteiger partial charge in [-0.3, -0.25) is 4.79 Å². The average Bonchev–Trinajstić information content (AvgIpc) is 2.27. The van der Waals surface area contributed by atoms with Crippen LogP contribution in [0, 0.1) is 5.92 Å². The molecule has 1 amide bonds. The Morgan fingerprint density at radius 3 is 2.63 bits per heavy atom. The van der Waals surface area contributed by atoms with Gasteiger partial charge in [0.05, 0.1) is 17.1 Å². The van der Waals surface area contributed by atoms with E-state index >= 15 is 0 Å². The molecule has 3 N–H and O–H groups in total. The van der Waals surface area contributed by atoms with Crippen molar-refractivity contribution in [1.82, 2.24) is 4.98 Å². The molecule has 7 heteroatoms. The van der Waals surface area contributed by atoms with Gasteiger partial charge in [-0.25, -0.2) is 9.78 Å². The first-order chi connectivity index (χ1) is 8.81. The first-order valence-corrected chi connectivity index (χ1v) is 6.11. The van der Waals surface area contributed by atoms with Gasteiger partial charge in [0, 0.05) is 12.7 Å². The lowest BCUT2D eigenvalue weighted by Crippen LogP contribution is -2.36. The molecule has 1 rings (SSSR count). The predicted octanol–water partition coefficient (Wildman–Crippen LogP) is 1.38. The summed E-state index contributed by atoms with van der Waals surface area (Å²) in [6.45, 7) is 4.46. The minimum absolute atomic E-state index is 0.0220. The van der Waals surface area contributed by atoms with Crippen LogP contribution in [0.2, 0.25) is 5.02 Å². The first-order valence-electron chi connectivity index (χ1n) is 5.73. The second-order valence-electron chi connectivity index (χ2n) is 4.57. The van der Waals surface area contributed by atoms with Crippen LogP contribution in [-0.2, 0) is 4.79 Å². The van der Waals surface area contributed by atoms with Crippen molar-refractivity contribution >= 4 is 29.3 Å². The maximum absolute atomic E-state index is 11.1. The van der Waals surface area contributed by atoms with Gasteiger partial charge in [0.2, 0.25) is 5.91 Å². The molecule has 1 aromatic rings. The van der Waals surface area contributed by atoms with Crippen molar-refractivity contribution < 1.29 is 14.7 Å². The van der Waals surface area contributed by atoms with Gasteiger partial charge in [-0.2, -0.15) is 0 Å². The van der Waals surface area contributed by atoms with Crippen molar-refractivity contribution in [3.63, 3.8) is 0 Å². The number of carboxylic acids is 1. The topological polar surface area (TPSA) is 96.5 Å². The number of primary amides is 1. The van der Waals surface area contributed by atoms with Gasteiger partial charge in [0.25, 0.3) is 0 Å². The van der Waals surface area contributed by atoms with Crippen LogP contribution < -0.4 is 10.6 Å². The fraction of sp³-hybridized carbons (Fsp3) is 0.417. The molecule has 0 saturated heterocycles. The summed E-state index contributed by atoms with van der Waals surface area (Å²) in [5.74, 6) is -1.01. The number of halogens is 1. The standard InChI is InChI=1S/C12H16ClN3O3/c1-7(2)5-16(6-10(14)17)11-3-8(12(18)19)9(13)4-15-11/h3-4,7H,5-6H2,1-2H3,(H2,14,17)(H,18,19). The van der Waals surface area contributed by atoms with Crippen LogP contribution in [0.15, 0.2) is 12.3 Å². The van der Waals surface area contributed by atoms with E-state index in [0.717, 1.165) is 0 Å². The third-order valence-corrected chi connectivity index (χ3v) is 2.63. The monoisotopic (exact) mass is 285 g/mol. The molecule has 6 nitrogen and oxygen atoms in total. The summed E-state index contributed by atoms with van der Waals surface area (Å²) in [6.07, 6.45) is 1.26. The molecular formula is C12H16ClN3O3. The van der Waals surface area contributed by atoms with Gasteiger partial charge in [-0.15, -0.1) is 0 Å². The molecule has 0 spiro atoms. The second kappa shape index (κ2) is 6.38. The Bertz CT molecular complexity index is 491. The molecule has 0 bridgehead atoms. The highest BCUT2D eigenvalue weighted by atomic mass is 35.5. The summed E-state index contributed by atoms with van der Waals surface area (Å²) in [5.41, 5.74) is 5.13. The quantitative estimate of drug-likeness (QED) is 0.823. The van der Waals surface area contributed by atoms with Crippen molar-refractivity contribution in [3.05, 3.63) is 22.8 Å². The minimum Gasteiger partial charge on any atom is -0.478 e. The largest absolute Gasteiger partial charge is 0.478 e. The summed E-state index contributed by atoms with van der Waals surface area (Å²) >= 11 is 5.75. The van der Waals surface area contributed by atoms with E-state index in [4.69, 9.17) is 22.4 Å². The number of carbonyl (C=O) groups is 2. The highest BCUT2D eigenvalue weighted by molar-refractivity contribution is 6.33. The highest BCUT2D eigenvalue weighted by Gasteiger charge is 2.16. The number of hydrogen-bond donors (Lipinski definition) is 2. The van der Waals surface area contributed by atoms with Crippen LogP contribution in [0.1, 0.15) is 24.2 Å². The maximum Gasteiger partial charge on any atom is 0.337 e. The normalized spacial score (nSPS) is 10.5. The van der Waals surface area contributed by atoms with E-state index in [0.29, 0.717) is 12.4 Å². The molecule has 0 aliphatic rings. The molecular weight excluding hydrogens is 270 g/mol. The Hall–Kier alpha value is -1.82. The molecule has 0 aromatic carbocycles. The predicted molar refractivity (Wildman–Crippen MR) is 72.5 cm³/mol. The molecule has 1 heterocycles. The second-order valence-corrected chi connectivity index (χ2v) is 4.98. The van der Waals surface area contributed by atoms with E-state index in [1.807, 2.05) is 13.8 Å². The van der Waals surface area contributed by atoms with E-state index in [9.17, 15) is 9.59 Å². The van der Waals surface area contributed by atoms with Crippen LogP contribution >= 0.6 is 11.6 Å². The van der Waals surface area contributed by atoms with Crippen LogP contribution in [-0.4, -0.2) is 35.1 Å². The van der Waals surface area contributed by atoms with Crippen molar-refractivity contribution in [2.75, 3.05) is 18.0 Å². The van der Waals surface area contributed by atoms with Gasteiger partial charge >= 0.3 is 5.97 Å². The highest BCUT2D eigenvalue weighted by Crippen LogP contribution is 2.21. The first kappa shape index (κ1) is 15.2. The molecule has 0 aliphatic heterocycles. The Kier molecular flexibility index (Phi) is 5.11. The van der Waals surface area contributed by atoms with Crippen molar-refractivity contribution in [3.8, 4) is 0 Å². The van der Waals surface area contributed by atoms with E-state index in [-0.39, 0.29) is 23.0 Å². The molecule has 0 fully saturated rings. The van der Waals surface area contributed by atoms with E-state index in [1.54, 1.807) is 4.90 Å². The number of pyridine rings is 1. The fourth-order valence-corrected chi connectivity index (χ4v) is 1.82. The third-order valence-electron chi connectivity index (χ3n) is 2.33. The van der Waals surface area contributed by atoms with Crippen LogP contribution in [0.3, 0.4) is 0 Å². The van der Waals surface area contributed by atoms with Gasteiger partial charge in [0.1, 0.15) is 5.82 Å². The molecule has 104 valence electrons. The lowest BCUT2D eigenvalue weighted by Gasteiger charge is -2.24. The van der Waals surface area contributed by atoms with Gasteiger partial charge in [-0.1, -0.05) is 25.4 Å². The molecule has 0 unspecified atom stereocenters. The average molecular weight is 286 g/mol. The lowest BCUT2D eigenvalue weighted by molar-refractivity contribution is -0.116. The molecule has 0 radical (unpaired) electrons. The molecule has 1 aromatic heterocycles. The zero-order chi connectivity index (χ0) is 14.6. The number of aromatic nitrogens is 1. The number of nitrogens with two attached hydrogens (primary N) is 1. The zero-order valence-electron chi connectivity index (χ0n) is 10.8. The summed E-state index contributed by atoms with van der Waals surface area (Å²) in [7, 11) is 0. The minimum atomic E-state index is -1.14. The van der Waals surface area contributed by atoms with Crippen LogP contribution in [0.4, 0.5) is 5.82 Å². The number of rotatable bonds is 6. The molecule has 0 atom stereocenters. The lowest BCUT2D eigenvalue weighted by atomic mass is 10.2. The number of anilines is 1. The van der Waals surface area contributed by atoms with Crippen LogP contribution in [0.5, 0.6) is 0 Å². The fourth-order valence-electron chi connectivity index (χ4n) is 1.63. The van der Waals surface area contributed by atoms with Gasteiger partial charge in [0.15, 0.2) is 0 Å².